The standard InChI is InChI=1S/C15H16F5NO6S/c1-25-13(22)9-2-4-10(5-3-9)21-7-12(6-11(21)8-26-14(16)17)27-28(23,24)15(18,19)20/h2-5,11-12,14H,6-8H2,1H3/t11-,12+/m0/s1. The van der Waals surface area contributed by atoms with E-state index in [0.717, 1.165) is 0 Å². The van der Waals surface area contributed by atoms with Crippen LogP contribution < -0.4 is 4.90 Å². The first kappa shape index (κ1) is 22.3. The van der Waals surface area contributed by atoms with Gasteiger partial charge in [0.05, 0.1) is 31.4 Å². The number of halogens is 5. The Morgan fingerprint density at radius 3 is 2.36 bits per heavy atom. The number of alkyl halides is 5. The van der Waals surface area contributed by atoms with Gasteiger partial charge in [0.15, 0.2) is 0 Å². The molecule has 1 heterocycles. The third kappa shape index (κ3) is 5.29. The van der Waals surface area contributed by atoms with Gasteiger partial charge in [-0.2, -0.15) is 30.4 Å². The Bertz CT molecular complexity index is 783. The van der Waals surface area contributed by atoms with E-state index < -0.39 is 47.0 Å². The Labute approximate surface area is 157 Å². The van der Waals surface area contributed by atoms with E-state index in [0.29, 0.717) is 5.69 Å². The molecule has 0 spiro atoms. The third-order valence-corrected chi connectivity index (χ3v) is 5.05. The van der Waals surface area contributed by atoms with Crippen LogP contribution in [-0.2, 0) is 23.8 Å². The van der Waals surface area contributed by atoms with E-state index in [-0.39, 0.29) is 18.5 Å². The molecule has 1 aliphatic heterocycles. The maximum atomic E-state index is 12.5. The smallest absolute Gasteiger partial charge is 0.465 e. The quantitative estimate of drug-likeness (QED) is 0.283. The van der Waals surface area contributed by atoms with Gasteiger partial charge >= 0.3 is 28.2 Å². The first-order chi connectivity index (χ1) is 12.9. The largest absolute Gasteiger partial charge is 0.523 e. The van der Waals surface area contributed by atoms with Crippen LogP contribution >= 0.6 is 0 Å². The van der Waals surface area contributed by atoms with E-state index in [1.807, 2.05) is 0 Å². The zero-order chi connectivity index (χ0) is 21.1. The fourth-order valence-corrected chi connectivity index (χ4v) is 3.35. The van der Waals surface area contributed by atoms with Crippen molar-refractivity contribution in [1.82, 2.24) is 0 Å². The van der Waals surface area contributed by atoms with Gasteiger partial charge in [-0.3, -0.25) is 4.18 Å². The maximum absolute atomic E-state index is 12.5. The molecule has 0 saturated carbocycles. The zero-order valence-corrected chi connectivity index (χ0v) is 15.2. The molecule has 0 amide bonds. The van der Waals surface area contributed by atoms with Crippen LogP contribution in [0.5, 0.6) is 0 Å². The highest BCUT2D eigenvalue weighted by molar-refractivity contribution is 7.87. The van der Waals surface area contributed by atoms with E-state index in [9.17, 15) is 35.2 Å². The second-order valence-corrected chi connectivity index (χ2v) is 7.36. The molecular formula is C15H16F5NO6S. The number of esters is 1. The predicted octanol–water partition coefficient (Wildman–Crippen LogP) is 2.53. The molecule has 13 heteroatoms. The van der Waals surface area contributed by atoms with Crippen LogP contribution in [0.4, 0.5) is 27.6 Å². The van der Waals surface area contributed by atoms with Crippen molar-refractivity contribution in [2.45, 2.75) is 30.7 Å². The van der Waals surface area contributed by atoms with E-state index in [1.54, 1.807) is 0 Å². The monoisotopic (exact) mass is 433 g/mol. The molecule has 1 saturated heterocycles. The second kappa shape index (κ2) is 8.57. The third-order valence-electron chi connectivity index (χ3n) is 3.96. The first-order valence-electron chi connectivity index (χ1n) is 7.79. The van der Waals surface area contributed by atoms with Crippen molar-refractivity contribution in [2.24, 2.45) is 0 Å². The lowest BCUT2D eigenvalue weighted by atomic mass is 10.1. The molecule has 0 aromatic heterocycles. The van der Waals surface area contributed by atoms with Gasteiger partial charge in [0, 0.05) is 12.2 Å². The topological polar surface area (TPSA) is 82.1 Å². The van der Waals surface area contributed by atoms with Crippen molar-refractivity contribution in [3.8, 4) is 0 Å². The lowest BCUT2D eigenvalue weighted by Gasteiger charge is -2.26. The van der Waals surface area contributed by atoms with Gasteiger partial charge in [0.25, 0.3) is 0 Å². The minimum Gasteiger partial charge on any atom is -0.465 e. The Morgan fingerprint density at radius 1 is 1.25 bits per heavy atom. The van der Waals surface area contributed by atoms with E-state index in [1.165, 1.54) is 36.3 Å². The van der Waals surface area contributed by atoms with Crippen molar-refractivity contribution in [3.05, 3.63) is 29.8 Å². The number of methoxy groups -OCH3 is 1. The van der Waals surface area contributed by atoms with Crippen molar-refractivity contribution < 1.29 is 48.8 Å². The van der Waals surface area contributed by atoms with E-state index >= 15 is 0 Å². The summed E-state index contributed by atoms with van der Waals surface area (Å²) in [4.78, 5) is 12.8. The van der Waals surface area contributed by atoms with Crippen LogP contribution in [-0.4, -0.2) is 58.9 Å². The van der Waals surface area contributed by atoms with Gasteiger partial charge in [0.2, 0.25) is 0 Å². The molecule has 1 aromatic carbocycles. The molecule has 0 unspecified atom stereocenters. The SMILES string of the molecule is COC(=O)c1ccc(N2C[C@H](OS(=O)(=O)C(F)(F)F)C[C@H]2COC(F)F)cc1. The van der Waals surface area contributed by atoms with Crippen LogP contribution in [0.15, 0.2) is 24.3 Å². The van der Waals surface area contributed by atoms with Gasteiger partial charge in [-0.15, -0.1) is 0 Å². The van der Waals surface area contributed by atoms with Gasteiger partial charge in [-0.25, -0.2) is 4.79 Å². The lowest BCUT2D eigenvalue weighted by molar-refractivity contribution is -0.131. The summed E-state index contributed by atoms with van der Waals surface area (Å²) in [5.74, 6) is -0.622. The van der Waals surface area contributed by atoms with Crippen LogP contribution in [0.25, 0.3) is 0 Å². The molecule has 1 aromatic rings. The molecule has 1 aliphatic rings. The molecule has 1 fully saturated rings. The molecule has 0 bridgehead atoms. The van der Waals surface area contributed by atoms with Crippen LogP contribution in [0.1, 0.15) is 16.8 Å². The van der Waals surface area contributed by atoms with Crippen molar-refractivity contribution in [2.75, 3.05) is 25.2 Å². The molecule has 28 heavy (non-hydrogen) atoms. The van der Waals surface area contributed by atoms with Gasteiger partial charge < -0.3 is 14.4 Å². The Balaban J connectivity index is 2.20. The summed E-state index contributed by atoms with van der Waals surface area (Å²) in [5.41, 5.74) is -5.05. The molecule has 158 valence electrons. The first-order valence-corrected chi connectivity index (χ1v) is 9.19. The molecule has 2 atom stereocenters. The fraction of sp³-hybridized carbons (Fsp3) is 0.533. The summed E-state index contributed by atoms with van der Waals surface area (Å²) in [6.07, 6.45) is -1.71. The number of ether oxygens (including phenoxy) is 2. The van der Waals surface area contributed by atoms with Crippen molar-refractivity contribution in [1.29, 1.82) is 0 Å². The normalized spacial score (nSPS) is 20.6. The Kier molecular flexibility index (Phi) is 6.83. The fourth-order valence-electron chi connectivity index (χ4n) is 2.74. The van der Waals surface area contributed by atoms with Crippen molar-refractivity contribution >= 4 is 21.8 Å². The van der Waals surface area contributed by atoms with Crippen LogP contribution in [0, 0.1) is 0 Å². The number of benzene rings is 1. The van der Waals surface area contributed by atoms with Crippen molar-refractivity contribution in [3.63, 3.8) is 0 Å². The summed E-state index contributed by atoms with van der Waals surface area (Å²) in [6.45, 7) is -3.99. The molecule has 0 N–H and O–H groups in total. The van der Waals surface area contributed by atoms with Crippen LogP contribution in [0.3, 0.4) is 0 Å². The van der Waals surface area contributed by atoms with Gasteiger partial charge in [-0.05, 0) is 30.7 Å². The summed E-state index contributed by atoms with van der Waals surface area (Å²) in [7, 11) is -4.66. The maximum Gasteiger partial charge on any atom is 0.523 e. The molecule has 0 radical (unpaired) electrons. The highest BCUT2D eigenvalue weighted by Crippen LogP contribution is 2.32. The van der Waals surface area contributed by atoms with Gasteiger partial charge in [-0.1, -0.05) is 0 Å². The van der Waals surface area contributed by atoms with E-state index in [4.69, 9.17) is 0 Å². The molecular weight excluding hydrogens is 417 g/mol. The number of hydrogen-bond donors (Lipinski definition) is 0. The number of carbonyl (C=O) groups is 1. The zero-order valence-electron chi connectivity index (χ0n) is 14.4. The highest BCUT2D eigenvalue weighted by atomic mass is 32.2. The predicted molar refractivity (Wildman–Crippen MR) is 85.3 cm³/mol. The number of anilines is 1. The second-order valence-electron chi connectivity index (χ2n) is 5.79. The number of rotatable bonds is 7. The number of hydrogen-bond acceptors (Lipinski definition) is 7. The Morgan fingerprint density at radius 2 is 1.86 bits per heavy atom. The molecule has 2 rings (SSSR count). The molecule has 7 nitrogen and oxygen atoms in total. The van der Waals surface area contributed by atoms with Crippen LogP contribution in [0.2, 0.25) is 0 Å². The molecule has 0 aliphatic carbocycles. The van der Waals surface area contributed by atoms with E-state index in [2.05, 4.69) is 13.7 Å². The lowest BCUT2D eigenvalue weighted by Crippen LogP contribution is -2.34. The van der Waals surface area contributed by atoms with Gasteiger partial charge in [0.1, 0.15) is 0 Å². The summed E-state index contributed by atoms with van der Waals surface area (Å²) in [5, 5.41) is 0. The average molecular weight is 433 g/mol. The number of nitrogens with zero attached hydrogens (tertiary/aromatic N) is 1. The summed E-state index contributed by atoms with van der Waals surface area (Å²) < 4.78 is 97.7. The average Bonchev–Trinajstić information content (AvgIpc) is 3.00. The number of carbonyl (C=O) groups excluding carboxylic acids is 1. The summed E-state index contributed by atoms with van der Waals surface area (Å²) in [6, 6.07) is 4.70. The summed E-state index contributed by atoms with van der Waals surface area (Å²) >= 11 is 0. The minimum atomic E-state index is -5.84. The minimum absolute atomic E-state index is 0.193. The highest BCUT2D eigenvalue weighted by Gasteiger charge is 2.50. The Hall–Kier alpha value is -1.99.